The van der Waals surface area contributed by atoms with Crippen LogP contribution >= 0.6 is 11.6 Å². The number of anilines is 2. The Hall–Kier alpha value is -3.06. The van der Waals surface area contributed by atoms with Crippen LogP contribution in [0.5, 0.6) is 0 Å². The normalized spacial score (nSPS) is 14.6. The van der Waals surface area contributed by atoms with Gasteiger partial charge in [0.2, 0.25) is 5.91 Å². The first-order valence-corrected chi connectivity index (χ1v) is 10.3. The molecule has 1 aliphatic carbocycles. The molecule has 7 nitrogen and oxygen atoms in total. The molecule has 0 saturated heterocycles. The maximum Gasteiger partial charge on any atom is 0.321 e. The lowest BCUT2D eigenvalue weighted by atomic mass is 10.2. The number of imide groups is 1. The van der Waals surface area contributed by atoms with E-state index < -0.39 is 18.0 Å². The fourth-order valence-corrected chi connectivity index (χ4v) is 3.41. The molecule has 0 radical (unpaired) electrons. The van der Waals surface area contributed by atoms with Gasteiger partial charge < -0.3 is 16.0 Å². The van der Waals surface area contributed by atoms with Gasteiger partial charge >= 0.3 is 6.03 Å². The minimum atomic E-state index is -0.603. The van der Waals surface area contributed by atoms with Gasteiger partial charge in [0.1, 0.15) is 6.04 Å². The van der Waals surface area contributed by atoms with Crippen LogP contribution in [0.25, 0.3) is 0 Å². The predicted molar refractivity (Wildman–Crippen MR) is 118 cm³/mol. The van der Waals surface area contributed by atoms with Gasteiger partial charge in [0.25, 0.3) is 5.91 Å². The second-order valence-corrected chi connectivity index (χ2v) is 7.78. The molecule has 2 aromatic rings. The topological polar surface area (TPSA) is 99.3 Å². The van der Waals surface area contributed by atoms with Crippen LogP contribution in [0.2, 0.25) is 5.02 Å². The first-order valence-electron chi connectivity index (χ1n) is 9.95. The van der Waals surface area contributed by atoms with Crippen molar-refractivity contribution in [1.29, 1.82) is 0 Å². The summed E-state index contributed by atoms with van der Waals surface area (Å²) < 4.78 is 0. The zero-order valence-corrected chi connectivity index (χ0v) is 17.5. The Balaban J connectivity index is 1.48. The summed E-state index contributed by atoms with van der Waals surface area (Å²) >= 11 is 5.83. The third-order valence-electron chi connectivity index (χ3n) is 4.95. The molecule has 1 aliphatic rings. The van der Waals surface area contributed by atoms with Crippen molar-refractivity contribution < 1.29 is 14.4 Å². The Bertz CT molecular complexity index is 894. The summed E-state index contributed by atoms with van der Waals surface area (Å²) in [5, 5.41) is 11.6. The standard InChI is InChI=1S/C22H25ClN4O3/c1-14(20(28)27-22(30)26-17-4-2-3-5-17)24-18-10-12-19(13-11-18)25-21(29)15-6-8-16(23)9-7-15/h6-14,17,24H,2-5H2,1H3,(H,25,29)(H2,26,27,28,30). The smallest absolute Gasteiger partial charge is 0.321 e. The van der Waals surface area contributed by atoms with Crippen LogP contribution in [0.15, 0.2) is 48.5 Å². The van der Waals surface area contributed by atoms with E-state index >= 15 is 0 Å². The van der Waals surface area contributed by atoms with E-state index in [0.29, 0.717) is 22.0 Å². The Morgan fingerprint density at radius 2 is 1.53 bits per heavy atom. The summed E-state index contributed by atoms with van der Waals surface area (Å²) in [5.74, 6) is -0.654. The minimum Gasteiger partial charge on any atom is -0.374 e. The molecule has 2 aromatic carbocycles. The molecule has 4 N–H and O–H groups in total. The van der Waals surface area contributed by atoms with Gasteiger partial charge in [-0.2, -0.15) is 0 Å². The highest BCUT2D eigenvalue weighted by molar-refractivity contribution is 6.30. The third-order valence-corrected chi connectivity index (χ3v) is 5.20. The van der Waals surface area contributed by atoms with Crippen LogP contribution in [0.4, 0.5) is 16.2 Å². The molecule has 3 rings (SSSR count). The van der Waals surface area contributed by atoms with Crippen LogP contribution in [-0.4, -0.2) is 29.9 Å². The number of halogens is 1. The van der Waals surface area contributed by atoms with Crippen molar-refractivity contribution in [3.8, 4) is 0 Å². The second-order valence-electron chi connectivity index (χ2n) is 7.35. The van der Waals surface area contributed by atoms with Gasteiger partial charge in [-0.1, -0.05) is 24.4 Å². The molecular weight excluding hydrogens is 404 g/mol. The van der Waals surface area contributed by atoms with Gasteiger partial charge in [0.15, 0.2) is 0 Å². The molecule has 1 atom stereocenters. The van der Waals surface area contributed by atoms with Crippen LogP contribution in [0.1, 0.15) is 43.0 Å². The van der Waals surface area contributed by atoms with Crippen LogP contribution in [0, 0.1) is 0 Å². The van der Waals surface area contributed by atoms with Gasteiger partial charge in [-0.3, -0.25) is 14.9 Å². The fraction of sp³-hybridized carbons (Fsp3) is 0.318. The van der Waals surface area contributed by atoms with Crippen molar-refractivity contribution in [2.24, 2.45) is 0 Å². The van der Waals surface area contributed by atoms with E-state index in [9.17, 15) is 14.4 Å². The molecule has 0 heterocycles. The van der Waals surface area contributed by atoms with E-state index in [0.717, 1.165) is 25.7 Å². The highest BCUT2D eigenvalue weighted by atomic mass is 35.5. The maximum atomic E-state index is 12.2. The lowest BCUT2D eigenvalue weighted by Crippen LogP contribution is -2.48. The maximum absolute atomic E-state index is 12.2. The predicted octanol–water partition coefficient (Wildman–Crippen LogP) is 4.16. The summed E-state index contributed by atoms with van der Waals surface area (Å²) in [7, 11) is 0. The number of carbonyl (C=O) groups is 3. The molecule has 0 spiro atoms. The molecule has 1 unspecified atom stereocenters. The monoisotopic (exact) mass is 428 g/mol. The number of benzene rings is 2. The number of hydrogen-bond donors (Lipinski definition) is 4. The Labute approximate surface area is 180 Å². The molecule has 1 saturated carbocycles. The van der Waals surface area contributed by atoms with Gasteiger partial charge in [0, 0.05) is 28.0 Å². The largest absolute Gasteiger partial charge is 0.374 e. The first-order chi connectivity index (χ1) is 14.4. The molecule has 0 bridgehead atoms. The fourth-order valence-electron chi connectivity index (χ4n) is 3.28. The number of carbonyl (C=O) groups excluding carboxylic acids is 3. The molecule has 4 amide bonds. The number of rotatable bonds is 6. The highest BCUT2D eigenvalue weighted by Crippen LogP contribution is 2.18. The molecule has 8 heteroatoms. The van der Waals surface area contributed by atoms with Crippen molar-refractivity contribution in [3.05, 3.63) is 59.1 Å². The van der Waals surface area contributed by atoms with E-state index in [1.165, 1.54) is 0 Å². The lowest BCUT2D eigenvalue weighted by molar-refractivity contribution is -0.120. The molecule has 30 heavy (non-hydrogen) atoms. The van der Waals surface area contributed by atoms with Gasteiger partial charge in [-0.15, -0.1) is 0 Å². The number of nitrogens with one attached hydrogen (secondary N) is 4. The average Bonchev–Trinajstić information content (AvgIpc) is 3.22. The molecule has 158 valence electrons. The summed E-state index contributed by atoms with van der Waals surface area (Å²) in [6.45, 7) is 1.68. The van der Waals surface area contributed by atoms with Crippen molar-refractivity contribution in [1.82, 2.24) is 10.6 Å². The van der Waals surface area contributed by atoms with Crippen molar-refractivity contribution >= 4 is 40.8 Å². The zero-order valence-electron chi connectivity index (χ0n) is 16.7. The molecule has 1 fully saturated rings. The van der Waals surface area contributed by atoms with E-state index in [1.807, 2.05) is 0 Å². The van der Waals surface area contributed by atoms with Crippen molar-refractivity contribution in [2.45, 2.75) is 44.7 Å². The first kappa shape index (κ1) is 21.6. The summed E-state index contributed by atoms with van der Waals surface area (Å²) in [5.41, 5.74) is 1.81. The summed E-state index contributed by atoms with van der Waals surface area (Å²) in [6.07, 6.45) is 4.12. The van der Waals surface area contributed by atoms with Gasteiger partial charge in [-0.05, 0) is 68.3 Å². The minimum absolute atomic E-state index is 0.150. The summed E-state index contributed by atoms with van der Waals surface area (Å²) in [4.78, 5) is 36.4. The zero-order chi connectivity index (χ0) is 21.5. The number of hydrogen-bond acceptors (Lipinski definition) is 4. The Morgan fingerprint density at radius 3 is 2.17 bits per heavy atom. The van der Waals surface area contributed by atoms with Crippen LogP contribution < -0.4 is 21.3 Å². The number of amides is 4. The SMILES string of the molecule is CC(Nc1ccc(NC(=O)c2ccc(Cl)cc2)cc1)C(=O)NC(=O)NC1CCCC1. The van der Waals surface area contributed by atoms with Crippen molar-refractivity contribution in [2.75, 3.05) is 10.6 Å². The Kier molecular flexibility index (Phi) is 7.30. The van der Waals surface area contributed by atoms with E-state index in [-0.39, 0.29) is 11.9 Å². The number of urea groups is 1. The van der Waals surface area contributed by atoms with Crippen LogP contribution in [-0.2, 0) is 4.79 Å². The molecular formula is C22H25ClN4O3. The van der Waals surface area contributed by atoms with Crippen molar-refractivity contribution in [3.63, 3.8) is 0 Å². The summed E-state index contributed by atoms with van der Waals surface area (Å²) in [6, 6.07) is 12.7. The highest BCUT2D eigenvalue weighted by Gasteiger charge is 2.20. The average molecular weight is 429 g/mol. The second kappa shape index (κ2) is 10.1. The Morgan fingerprint density at radius 1 is 0.933 bits per heavy atom. The quantitative estimate of drug-likeness (QED) is 0.555. The van der Waals surface area contributed by atoms with Gasteiger partial charge in [-0.25, -0.2) is 4.79 Å². The molecule has 0 aromatic heterocycles. The van der Waals surface area contributed by atoms with Crippen LogP contribution in [0.3, 0.4) is 0 Å². The van der Waals surface area contributed by atoms with E-state index in [4.69, 9.17) is 11.6 Å². The third kappa shape index (κ3) is 6.22. The van der Waals surface area contributed by atoms with E-state index in [2.05, 4.69) is 21.3 Å². The van der Waals surface area contributed by atoms with Gasteiger partial charge in [0.05, 0.1) is 0 Å². The lowest BCUT2D eigenvalue weighted by Gasteiger charge is -2.17. The van der Waals surface area contributed by atoms with E-state index in [1.54, 1.807) is 55.5 Å². The molecule has 0 aliphatic heterocycles.